The number of phenols is 1. The molecule has 0 radical (unpaired) electrons. The van der Waals surface area contributed by atoms with Gasteiger partial charge in [0, 0.05) is 0 Å². The Morgan fingerprint density at radius 1 is 1.07 bits per heavy atom. The lowest BCUT2D eigenvalue weighted by atomic mass is 10.1. The maximum absolute atomic E-state index is 12.3. The van der Waals surface area contributed by atoms with Gasteiger partial charge in [0.2, 0.25) is 27.7 Å². The van der Waals surface area contributed by atoms with E-state index in [1.807, 2.05) is 0 Å². The molecule has 0 aliphatic rings. The van der Waals surface area contributed by atoms with E-state index in [1.54, 1.807) is 4.72 Å². The Morgan fingerprint density at radius 3 is 2.24 bits per heavy atom. The Kier molecular flexibility index (Phi) is 6.77. The van der Waals surface area contributed by atoms with E-state index < -0.39 is 27.8 Å². The fourth-order valence-electron chi connectivity index (χ4n) is 2.19. The van der Waals surface area contributed by atoms with Gasteiger partial charge in [0.25, 0.3) is 0 Å². The topological polar surface area (TPSA) is 166 Å². The Balaban J connectivity index is 2.17. The fraction of sp³-hybridized carbons (Fsp3) is 0.250. The molecule has 0 fully saturated rings. The number of benzene rings is 1. The van der Waals surface area contributed by atoms with E-state index in [2.05, 4.69) is 20.0 Å². The first kappa shape index (κ1) is 21.7. The van der Waals surface area contributed by atoms with Gasteiger partial charge in [-0.2, -0.15) is 9.97 Å². The molecule has 156 valence electrons. The molecular weight excluding hydrogens is 408 g/mol. The quantitative estimate of drug-likeness (QED) is 0.535. The van der Waals surface area contributed by atoms with Crippen LogP contribution in [0.5, 0.6) is 17.5 Å². The number of hydrogen-bond donors (Lipinski definition) is 3. The summed E-state index contributed by atoms with van der Waals surface area (Å²) in [6.45, 7) is 0. The highest BCUT2D eigenvalue weighted by molar-refractivity contribution is 7.89. The van der Waals surface area contributed by atoms with Crippen molar-refractivity contribution in [2.45, 2.75) is 5.75 Å². The van der Waals surface area contributed by atoms with Crippen LogP contribution in [0.2, 0.25) is 0 Å². The number of phenolic OH excluding ortho intramolecular Hbond substituents is 1. The standard InChI is InChI=1S/C16H18N4O8S/c1-26-12-7-13(27-2)18-15(17-12)19-16(23)20-29(24,25)8-9-6-10(21)4-5-11(9)14(22)28-3/h4-7,21H,8H2,1-3H3,(H2,17,18,19,20,23). The van der Waals surface area contributed by atoms with Crippen molar-refractivity contribution >= 4 is 28.0 Å². The van der Waals surface area contributed by atoms with E-state index in [9.17, 15) is 23.1 Å². The predicted molar refractivity (Wildman–Crippen MR) is 99.4 cm³/mol. The zero-order chi connectivity index (χ0) is 21.6. The maximum atomic E-state index is 12.3. The smallest absolute Gasteiger partial charge is 0.338 e. The number of sulfonamides is 1. The van der Waals surface area contributed by atoms with Gasteiger partial charge in [0.15, 0.2) is 0 Å². The number of ether oxygens (including phenoxy) is 3. The normalized spacial score (nSPS) is 10.7. The van der Waals surface area contributed by atoms with Crippen molar-refractivity contribution in [3.8, 4) is 17.5 Å². The second-order valence-electron chi connectivity index (χ2n) is 5.42. The number of anilines is 1. The number of amides is 2. The Hall–Kier alpha value is -3.61. The molecule has 29 heavy (non-hydrogen) atoms. The number of carbonyl (C=O) groups excluding carboxylic acids is 2. The van der Waals surface area contributed by atoms with Gasteiger partial charge in [-0.25, -0.2) is 22.7 Å². The number of hydrogen-bond acceptors (Lipinski definition) is 10. The van der Waals surface area contributed by atoms with E-state index in [1.165, 1.54) is 32.4 Å². The summed E-state index contributed by atoms with van der Waals surface area (Å²) in [7, 11) is -0.464. The van der Waals surface area contributed by atoms with Crippen molar-refractivity contribution in [2.24, 2.45) is 0 Å². The van der Waals surface area contributed by atoms with Gasteiger partial charge in [0.05, 0.1) is 38.7 Å². The van der Waals surface area contributed by atoms with Crippen LogP contribution >= 0.6 is 0 Å². The number of aromatic hydroxyl groups is 1. The first-order valence-electron chi connectivity index (χ1n) is 7.86. The van der Waals surface area contributed by atoms with Gasteiger partial charge in [-0.15, -0.1) is 0 Å². The van der Waals surface area contributed by atoms with E-state index in [0.29, 0.717) is 0 Å². The van der Waals surface area contributed by atoms with Gasteiger partial charge in [-0.3, -0.25) is 5.32 Å². The number of urea groups is 1. The minimum atomic E-state index is -4.27. The molecule has 12 nitrogen and oxygen atoms in total. The second kappa shape index (κ2) is 9.05. The van der Waals surface area contributed by atoms with Gasteiger partial charge < -0.3 is 19.3 Å². The third-order valence-corrected chi connectivity index (χ3v) is 4.60. The molecule has 1 aromatic carbocycles. The van der Waals surface area contributed by atoms with Gasteiger partial charge >= 0.3 is 12.0 Å². The minimum absolute atomic E-state index is 0.0588. The van der Waals surface area contributed by atoms with Crippen LogP contribution in [0.15, 0.2) is 24.3 Å². The molecule has 1 heterocycles. The molecule has 0 saturated heterocycles. The van der Waals surface area contributed by atoms with Crippen LogP contribution in [-0.2, 0) is 20.5 Å². The third kappa shape index (κ3) is 5.93. The van der Waals surface area contributed by atoms with Crippen molar-refractivity contribution in [1.82, 2.24) is 14.7 Å². The molecule has 2 amide bonds. The first-order valence-corrected chi connectivity index (χ1v) is 9.51. The third-order valence-electron chi connectivity index (χ3n) is 3.41. The molecule has 1 aromatic heterocycles. The van der Waals surface area contributed by atoms with Crippen LogP contribution in [0.1, 0.15) is 15.9 Å². The van der Waals surface area contributed by atoms with Crippen LogP contribution in [0, 0.1) is 0 Å². The summed E-state index contributed by atoms with van der Waals surface area (Å²) in [5, 5.41) is 11.7. The monoisotopic (exact) mass is 426 g/mol. The molecule has 0 atom stereocenters. The number of carbonyl (C=O) groups is 2. The average molecular weight is 426 g/mol. The summed E-state index contributed by atoms with van der Waals surface area (Å²) in [5.41, 5.74) is -0.131. The van der Waals surface area contributed by atoms with E-state index in [0.717, 1.165) is 13.2 Å². The Labute approximate surface area is 165 Å². The van der Waals surface area contributed by atoms with Crippen molar-refractivity contribution < 1.29 is 37.3 Å². The molecule has 13 heteroatoms. The molecule has 2 aromatic rings. The van der Waals surface area contributed by atoms with Crippen molar-refractivity contribution in [3.05, 3.63) is 35.4 Å². The summed E-state index contributed by atoms with van der Waals surface area (Å²) in [4.78, 5) is 31.5. The van der Waals surface area contributed by atoms with Crippen LogP contribution in [-0.4, -0.2) is 56.8 Å². The van der Waals surface area contributed by atoms with E-state index in [-0.39, 0.29) is 34.6 Å². The van der Waals surface area contributed by atoms with Crippen molar-refractivity contribution in [1.29, 1.82) is 0 Å². The van der Waals surface area contributed by atoms with Crippen LogP contribution in [0.4, 0.5) is 10.7 Å². The van der Waals surface area contributed by atoms with E-state index in [4.69, 9.17) is 9.47 Å². The van der Waals surface area contributed by atoms with Gasteiger partial charge in [-0.1, -0.05) is 0 Å². The first-order chi connectivity index (χ1) is 13.7. The number of rotatable bonds is 7. The van der Waals surface area contributed by atoms with Gasteiger partial charge in [-0.05, 0) is 23.8 Å². The fourth-order valence-corrected chi connectivity index (χ4v) is 3.24. The molecule has 0 unspecified atom stereocenters. The summed E-state index contributed by atoms with van der Waals surface area (Å²) in [6.07, 6.45) is 0. The second-order valence-corrected chi connectivity index (χ2v) is 7.15. The summed E-state index contributed by atoms with van der Waals surface area (Å²) in [6, 6.07) is 3.70. The number of esters is 1. The highest BCUT2D eigenvalue weighted by Gasteiger charge is 2.21. The average Bonchev–Trinajstić information content (AvgIpc) is 2.66. The number of nitrogens with zero attached hydrogens (tertiary/aromatic N) is 2. The molecule has 0 spiro atoms. The molecular formula is C16H18N4O8S. The molecule has 0 aliphatic heterocycles. The lowest BCUT2D eigenvalue weighted by Crippen LogP contribution is -2.36. The lowest BCUT2D eigenvalue weighted by Gasteiger charge is -2.11. The summed E-state index contributed by atoms with van der Waals surface area (Å²) >= 11 is 0. The predicted octanol–water partition coefficient (Wildman–Crippen LogP) is 0.637. The number of nitrogens with one attached hydrogen (secondary N) is 2. The minimum Gasteiger partial charge on any atom is -0.508 e. The molecule has 0 aliphatic carbocycles. The molecule has 0 saturated carbocycles. The SMILES string of the molecule is COC(=O)c1ccc(O)cc1CS(=O)(=O)NC(=O)Nc1nc(OC)cc(OC)n1. The molecule has 2 rings (SSSR count). The highest BCUT2D eigenvalue weighted by Crippen LogP contribution is 2.20. The summed E-state index contributed by atoms with van der Waals surface area (Å²) < 4.78 is 40.8. The lowest BCUT2D eigenvalue weighted by molar-refractivity contribution is 0.0600. The number of aromatic nitrogens is 2. The zero-order valence-corrected chi connectivity index (χ0v) is 16.4. The Morgan fingerprint density at radius 2 is 1.69 bits per heavy atom. The molecule has 0 bridgehead atoms. The zero-order valence-electron chi connectivity index (χ0n) is 15.6. The van der Waals surface area contributed by atoms with Crippen LogP contribution < -0.4 is 19.5 Å². The number of methoxy groups -OCH3 is 3. The largest absolute Gasteiger partial charge is 0.508 e. The van der Waals surface area contributed by atoms with Crippen LogP contribution in [0.3, 0.4) is 0 Å². The van der Waals surface area contributed by atoms with Crippen LogP contribution in [0.25, 0.3) is 0 Å². The maximum Gasteiger partial charge on any atom is 0.338 e. The summed E-state index contributed by atoms with van der Waals surface area (Å²) in [5.74, 6) is -1.93. The van der Waals surface area contributed by atoms with Crippen molar-refractivity contribution in [2.75, 3.05) is 26.6 Å². The van der Waals surface area contributed by atoms with Gasteiger partial charge in [0.1, 0.15) is 5.75 Å². The highest BCUT2D eigenvalue weighted by atomic mass is 32.2. The van der Waals surface area contributed by atoms with E-state index >= 15 is 0 Å². The molecule has 3 N–H and O–H groups in total. The van der Waals surface area contributed by atoms with Crippen molar-refractivity contribution in [3.63, 3.8) is 0 Å². The Bertz CT molecular complexity index is 1000.